The van der Waals surface area contributed by atoms with Gasteiger partial charge in [-0.1, -0.05) is 6.07 Å². The third kappa shape index (κ3) is 4.23. The van der Waals surface area contributed by atoms with Crippen molar-refractivity contribution in [1.82, 2.24) is 4.72 Å². The molecule has 0 aliphatic rings. The molecule has 0 fully saturated rings. The number of benzene rings is 1. The zero-order chi connectivity index (χ0) is 13.1. The van der Waals surface area contributed by atoms with E-state index in [4.69, 9.17) is 0 Å². The summed E-state index contributed by atoms with van der Waals surface area (Å²) in [7, 11) is -2.91. The molecule has 0 spiro atoms. The van der Waals surface area contributed by atoms with E-state index in [1.165, 1.54) is 0 Å². The van der Waals surface area contributed by atoms with Crippen LogP contribution in [0.15, 0.2) is 22.7 Å². The van der Waals surface area contributed by atoms with Crippen LogP contribution in [0.2, 0.25) is 0 Å². The molecule has 1 amide bonds. The van der Waals surface area contributed by atoms with Gasteiger partial charge < -0.3 is 4.74 Å². The number of ether oxygens (including phenoxy) is 1. The van der Waals surface area contributed by atoms with Gasteiger partial charge in [0.15, 0.2) is 0 Å². The second-order valence-corrected chi connectivity index (χ2v) is 5.45. The SMILES string of the molecule is COC(=O)NS(=O)(=O)Nc1cc(C)ccc1Br. The molecule has 1 rings (SSSR count). The van der Waals surface area contributed by atoms with Gasteiger partial charge in [-0.05, 0) is 40.5 Å². The number of hydrogen-bond donors (Lipinski definition) is 2. The lowest BCUT2D eigenvalue weighted by molar-refractivity contribution is 0.177. The fourth-order valence-electron chi connectivity index (χ4n) is 1.04. The minimum Gasteiger partial charge on any atom is -0.452 e. The van der Waals surface area contributed by atoms with Gasteiger partial charge in [0.25, 0.3) is 0 Å². The largest absolute Gasteiger partial charge is 0.452 e. The Hall–Kier alpha value is -1.28. The molecule has 1 aromatic carbocycles. The Labute approximate surface area is 108 Å². The summed E-state index contributed by atoms with van der Waals surface area (Å²) in [6, 6.07) is 5.14. The molecule has 17 heavy (non-hydrogen) atoms. The van der Waals surface area contributed by atoms with Crippen LogP contribution in [-0.4, -0.2) is 21.6 Å². The van der Waals surface area contributed by atoms with Gasteiger partial charge >= 0.3 is 16.3 Å². The molecule has 0 unspecified atom stereocenters. The number of anilines is 1. The highest BCUT2D eigenvalue weighted by Gasteiger charge is 2.15. The van der Waals surface area contributed by atoms with Gasteiger partial charge in [0.05, 0.1) is 12.8 Å². The van der Waals surface area contributed by atoms with E-state index in [2.05, 4.69) is 25.4 Å². The summed E-state index contributed by atoms with van der Waals surface area (Å²) < 4.78 is 31.6. The number of rotatable bonds is 3. The number of amides is 1. The first kappa shape index (κ1) is 13.8. The molecule has 6 nitrogen and oxygen atoms in total. The maximum absolute atomic E-state index is 11.5. The molecule has 0 radical (unpaired) electrons. The van der Waals surface area contributed by atoms with Crippen molar-refractivity contribution in [1.29, 1.82) is 0 Å². The first-order valence-corrected chi connectivity index (χ1v) is 6.76. The maximum atomic E-state index is 11.5. The minimum absolute atomic E-state index is 0.335. The van der Waals surface area contributed by atoms with Gasteiger partial charge in [0.1, 0.15) is 0 Å². The number of carbonyl (C=O) groups excluding carboxylic acids is 1. The lowest BCUT2D eigenvalue weighted by Crippen LogP contribution is -2.35. The van der Waals surface area contributed by atoms with Crippen LogP contribution in [0.4, 0.5) is 10.5 Å². The molecule has 0 bridgehead atoms. The molecule has 0 saturated heterocycles. The molecule has 1 aromatic rings. The standard InChI is InChI=1S/C9H11BrN2O4S/c1-6-3-4-7(10)8(5-6)11-17(14,15)12-9(13)16-2/h3-5,11H,1-2H3,(H,12,13). The Kier molecular flexibility index (Phi) is 4.35. The quantitative estimate of drug-likeness (QED) is 0.888. The van der Waals surface area contributed by atoms with Crippen LogP contribution in [0.1, 0.15) is 5.56 Å². The lowest BCUT2D eigenvalue weighted by Gasteiger charge is -2.10. The molecular weight excluding hydrogens is 312 g/mol. The van der Waals surface area contributed by atoms with E-state index in [1.54, 1.807) is 16.9 Å². The van der Waals surface area contributed by atoms with Crippen molar-refractivity contribution in [3.05, 3.63) is 28.2 Å². The summed E-state index contributed by atoms with van der Waals surface area (Å²) >= 11 is 3.20. The van der Waals surface area contributed by atoms with Crippen molar-refractivity contribution in [3.8, 4) is 0 Å². The van der Waals surface area contributed by atoms with Crippen molar-refractivity contribution in [3.63, 3.8) is 0 Å². The van der Waals surface area contributed by atoms with Crippen molar-refractivity contribution < 1.29 is 17.9 Å². The van der Waals surface area contributed by atoms with E-state index in [0.717, 1.165) is 12.7 Å². The Morgan fingerprint density at radius 3 is 2.65 bits per heavy atom. The van der Waals surface area contributed by atoms with Crippen LogP contribution >= 0.6 is 15.9 Å². The smallest absolute Gasteiger partial charge is 0.422 e. The average molecular weight is 323 g/mol. The first-order chi connectivity index (χ1) is 7.84. The number of aryl methyl sites for hydroxylation is 1. The molecule has 0 atom stereocenters. The highest BCUT2D eigenvalue weighted by molar-refractivity contribution is 9.10. The predicted molar refractivity (Wildman–Crippen MR) is 67.0 cm³/mol. The van der Waals surface area contributed by atoms with Gasteiger partial charge in [-0.15, -0.1) is 0 Å². The Balaban J connectivity index is 2.90. The summed E-state index contributed by atoms with van der Waals surface area (Å²) in [6.07, 6.45) is -1.05. The van der Waals surface area contributed by atoms with E-state index in [-0.39, 0.29) is 0 Å². The third-order valence-electron chi connectivity index (χ3n) is 1.77. The monoisotopic (exact) mass is 322 g/mol. The Morgan fingerprint density at radius 2 is 2.06 bits per heavy atom. The number of methoxy groups -OCH3 is 1. The molecule has 0 saturated carbocycles. The van der Waals surface area contributed by atoms with Crippen LogP contribution in [0.3, 0.4) is 0 Å². The summed E-state index contributed by atoms with van der Waals surface area (Å²) in [6.45, 7) is 1.82. The fraction of sp³-hybridized carbons (Fsp3) is 0.222. The van der Waals surface area contributed by atoms with Crippen molar-refractivity contribution in [2.75, 3.05) is 11.8 Å². The van der Waals surface area contributed by atoms with Gasteiger partial charge in [-0.2, -0.15) is 8.42 Å². The molecule has 0 aliphatic carbocycles. The highest BCUT2D eigenvalue weighted by atomic mass is 79.9. The number of carbonyl (C=O) groups is 1. The van der Waals surface area contributed by atoms with Crippen LogP contribution in [0.5, 0.6) is 0 Å². The molecule has 0 aliphatic heterocycles. The highest BCUT2D eigenvalue weighted by Crippen LogP contribution is 2.23. The van der Waals surface area contributed by atoms with Crippen LogP contribution < -0.4 is 9.44 Å². The van der Waals surface area contributed by atoms with Gasteiger partial charge in [0, 0.05) is 4.47 Å². The molecule has 8 heteroatoms. The average Bonchev–Trinajstić information content (AvgIpc) is 2.22. The number of halogens is 1. The fourth-order valence-corrected chi connectivity index (χ4v) is 2.33. The Bertz CT molecular complexity index is 530. The number of hydrogen-bond acceptors (Lipinski definition) is 4. The Morgan fingerprint density at radius 1 is 1.41 bits per heavy atom. The van der Waals surface area contributed by atoms with Crippen molar-refractivity contribution >= 4 is 37.9 Å². The normalized spacial score (nSPS) is 10.8. The number of nitrogens with one attached hydrogen (secondary N) is 2. The molecule has 2 N–H and O–H groups in total. The predicted octanol–water partition coefficient (Wildman–Crippen LogP) is 1.77. The van der Waals surface area contributed by atoms with E-state index < -0.39 is 16.3 Å². The van der Waals surface area contributed by atoms with Gasteiger partial charge in [0.2, 0.25) is 0 Å². The zero-order valence-electron chi connectivity index (χ0n) is 9.15. The van der Waals surface area contributed by atoms with Crippen LogP contribution in [0, 0.1) is 6.92 Å². The zero-order valence-corrected chi connectivity index (χ0v) is 11.6. The van der Waals surface area contributed by atoms with Crippen molar-refractivity contribution in [2.45, 2.75) is 6.92 Å². The van der Waals surface area contributed by atoms with E-state index in [9.17, 15) is 13.2 Å². The molecule has 94 valence electrons. The molecular formula is C9H11BrN2O4S. The van der Waals surface area contributed by atoms with E-state index in [1.807, 2.05) is 13.0 Å². The lowest BCUT2D eigenvalue weighted by atomic mass is 10.2. The summed E-state index contributed by atoms with van der Waals surface area (Å²) in [4.78, 5) is 10.8. The summed E-state index contributed by atoms with van der Waals surface area (Å²) in [5.41, 5.74) is 1.21. The molecule has 0 aromatic heterocycles. The second kappa shape index (κ2) is 5.37. The first-order valence-electron chi connectivity index (χ1n) is 4.49. The summed E-state index contributed by atoms with van der Waals surface area (Å²) in [5.74, 6) is 0. The maximum Gasteiger partial charge on any atom is 0.422 e. The van der Waals surface area contributed by atoms with E-state index >= 15 is 0 Å². The van der Waals surface area contributed by atoms with Gasteiger partial charge in [-0.3, -0.25) is 4.72 Å². The molecule has 0 heterocycles. The summed E-state index contributed by atoms with van der Waals surface area (Å²) in [5, 5.41) is 0. The minimum atomic E-state index is -3.99. The third-order valence-corrected chi connectivity index (χ3v) is 3.38. The second-order valence-electron chi connectivity index (χ2n) is 3.18. The van der Waals surface area contributed by atoms with Crippen molar-refractivity contribution in [2.24, 2.45) is 0 Å². The van der Waals surface area contributed by atoms with Crippen LogP contribution in [0.25, 0.3) is 0 Å². The van der Waals surface area contributed by atoms with E-state index in [0.29, 0.717) is 10.2 Å². The topological polar surface area (TPSA) is 84.5 Å². The van der Waals surface area contributed by atoms with Gasteiger partial charge in [-0.25, -0.2) is 9.52 Å². The van der Waals surface area contributed by atoms with Crippen LogP contribution in [-0.2, 0) is 14.9 Å².